The summed E-state index contributed by atoms with van der Waals surface area (Å²) in [6.45, 7) is 1.34. The molecule has 148 valence electrons. The van der Waals surface area contributed by atoms with Gasteiger partial charge in [-0.3, -0.25) is 9.48 Å². The molecular formula is C23H23N3O3. The van der Waals surface area contributed by atoms with Crippen LogP contribution in [-0.2, 0) is 7.05 Å². The monoisotopic (exact) mass is 389 g/mol. The quantitative estimate of drug-likeness (QED) is 0.736. The number of aryl methyl sites for hydroxylation is 1. The van der Waals surface area contributed by atoms with E-state index in [0.29, 0.717) is 18.8 Å². The lowest BCUT2D eigenvalue weighted by molar-refractivity contribution is 0.0689. The highest BCUT2D eigenvalue weighted by atomic mass is 16.4. The molecule has 2 heterocycles. The molecule has 1 fully saturated rings. The molecule has 2 aromatic carbocycles. The summed E-state index contributed by atoms with van der Waals surface area (Å²) >= 11 is 0. The summed E-state index contributed by atoms with van der Waals surface area (Å²) in [5.41, 5.74) is 3.69. The van der Waals surface area contributed by atoms with E-state index in [1.165, 1.54) is 0 Å². The largest absolute Gasteiger partial charge is 0.478 e. The number of nitrogens with zero attached hydrogens (tertiary/aromatic N) is 3. The maximum absolute atomic E-state index is 13.2. The van der Waals surface area contributed by atoms with Gasteiger partial charge in [-0.2, -0.15) is 5.10 Å². The Bertz CT molecular complexity index is 1030. The van der Waals surface area contributed by atoms with E-state index in [4.69, 9.17) is 5.11 Å². The summed E-state index contributed by atoms with van der Waals surface area (Å²) in [7, 11) is 1.80. The van der Waals surface area contributed by atoms with Crippen molar-refractivity contribution in [2.75, 3.05) is 13.1 Å². The van der Waals surface area contributed by atoms with E-state index in [9.17, 15) is 9.59 Å². The number of likely N-dealkylation sites (tertiary alicyclic amines) is 1. The number of benzene rings is 2. The molecule has 29 heavy (non-hydrogen) atoms. The highest BCUT2D eigenvalue weighted by Crippen LogP contribution is 2.28. The van der Waals surface area contributed by atoms with Crippen molar-refractivity contribution in [3.63, 3.8) is 0 Å². The Morgan fingerprint density at radius 3 is 2.48 bits per heavy atom. The number of rotatable bonds is 4. The Balaban J connectivity index is 1.52. The van der Waals surface area contributed by atoms with Crippen LogP contribution in [0.15, 0.2) is 60.7 Å². The first-order valence-electron chi connectivity index (χ1n) is 9.75. The third-order valence-electron chi connectivity index (χ3n) is 5.51. The number of aromatic nitrogens is 2. The summed E-state index contributed by atoms with van der Waals surface area (Å²) in [6, 6.07) is 18.7. The lowest BCUT2D eigenvalue weighted by atomic mass is 9.90. The molecule has 3 aromatic rings. The average Bonchev–Trinajstić information content (AvgIpc) is 3.15. The lowest BCUT2D eigenvalue weighted by Crippen LogP contribution is -2.39. The van der Waals surface area contributed by atoms with Crippen LogP contribution < -0.4 is 0 Å². The van der Waals surface area contributed by atoms with Gasteiger partial charge in [0.15, 0.2) is 0 Å². The minimum absolute atomic E-state index is 0.0194. The van der Waals surface area contributed by atoms with Gasteiger partial charge >= 0.3 is 5.97 Å². The number of hydrogen-bond acceptors (Lipinski definition) is 3. The molecular weight excluding hydrogens is 366 g/mol. The topological polar surface area (TPSA) is 75.4 Å². The van der Waals surface area contributed by atoms with Crippen LogP contribution in [0.3, 0.4) is 0 Å². The van der Waals surface area contributed by atoms with E-state index < -0.39 is 5.97 Å². The Morgan fingerprint density at radius 2 is 1.79 bits per heavy atom. The zero-order valence-corrected chi connectivity index (χ0v) is 16.3. The maximum Gasteiger partial charge on any atom is 0.335 e. The van der Waals surface area contributed by atoms with Crippen LogP contribution in [0.25, 0.3) is 11.3 Å². The van der Waals surface area contributed by atoms with Gasteiger partial charge < -0.3 is 10.0 Å². The van der Waals surface area contributed by atoms with Crippen LogP contribution in [0, 0.1) is 0 Å². The van der Waals surface area contributed by atoms with Crippen LogP contribution >= 0.6 is 0 Å². The second-order valence-electron chi connectivity index (χ2n) is 7.42. The fourth-order valence-electron chi connectivity index (χ4n) is 3.91. The molecule has 1 aromatic heterocycles. The van der Waals surface area contributed by atoms with Crippen molar-refractivity contribution in [1.29, 1.82) is 0 Å². The van der Waals surface area contributed by atoms with E-state index in [2.05, 4.69) is 5.10 Å². The summed E-state index contributed by atoms with van der Waals surface area (Å²) in [6.07, 6.45) is 1.90. The molecule has 1 aliphatic rings. The van der Waals surface area contributed by atoms with Crippen LogP contribution in [0.2, 0.25) is 0 Å². The molecule has 6 heteroatoms. The maximum atomic E-state index is 13.2. The standard InChI is InChI=1S/C23H23N3O3/c1-25-21(14-20(24-25)17-6-3-2-4-7-17)22(27)26-13-5-8-19(15-26)16-9-11-18(12-10-16)23(28)29/h2-4,6-7,9-12,14,19H,5,8,13,15H2,1H3,(H,28,29)/t19-/m1/s1. The van der Waals surface area contributed by atoms with E-state index in [-0.39, 0.29) is 17.4 Å². The Labute approximate surface area is 169 Å². The van der Waals surface area contributed by atoms with Gasteiger partial charge in [-0.05, 0) is 36.6 Å². The first-order valence-corrected chi connectivity index (χ1v) is 9.75. The molecule has 0 radical (unpaired) electrons. The highest BCUT2D eigenvalue weighted by molar-refractivity contribution is 5.94. The Kier molecular flexibility index (Phi) is 5.16. The number of carbonyl (C=O) groups is 2. The number of carboxylic acid groups (broad SMARTS) is 1. The predicted octanol–water partition coefficient (Wildman–Crippen LogP) is 3.81. The van der Waals surface area contributed by atoms with Crippen molar-refractivity contribution in [1.82, 2.24) is 14.7 Å². The minimum atomic E-state index is -0.928. The molecule has 0 saturated carbocycles. The highest BCUT2D eigenvalue weighted by Gasteiger charge is 2.27. The smallest absolute Gasteiger partial charge is 0.335 e. The van der Waals surface area contributed by atoms with Gasteiger partial charge in [-0.25, -0.2) is 4.79 Å². The lowest BCUT2D eigenvalue weighted by Gasteiger charge is -2.33. The molecule has 1 amide bonds. The van der Waals surface area contributed by atoms with Crippen molar-refractivity contribution < 1.29 is 14.7 Å². The predicted molar refractivity (Wildman–Crippen MR) is 110 cm³/mol. The molecule has 1 aliphatic heterocycles. The van der Waals surface area contributed by atoms with E-state index in [1.54, 1.807) is 23.9 Å². The number of aromatic carboxylic acids is 1. The molecule has 0 bridgehead atoms. The Morgan fingerprint density at radius 1 is 1.07 bits per heavy atom. The normalized spacial score (nSPS) is 16.6. The van der Waals surface area contributed by atoms with Gasteiger partial charge in [0.25, 0.3) is 5.91 Å². The van der Waals surface area contributed by atoms with Crippen LogP contribution in [0.5, 0.6) is 0 Å². The van der Waals surface area contributed by atoms with E-state index in [1.807, 2.05) is 53.4 Å². The average molecular weight is 389 g/mol. The van der Waals surface area contributed by atoms with Crippen molar-refractivity contribution >= 4 is 11.9 Å². The minimum Gasteiger partial charge on any atom is -0.478 e. The zero-order valence-electron chi connectivity index (χ0n) is 16.3. The van der Waals surface area contributed by atoms with Gasteiger partial charge in [0.1, 0.15) is 5.69 Å². The number of carbonyl (C=O) groups excluding carboxylic acids is 1. The van der Waals surface area contributed by atoms with Crippen molar-refractivity contribution in [3.05, 3.63) is 77.5 Å². The summed E-state index contributed by atoms with van der Waals surface area (Å²) in [5.74, 6) is -0.742. The number of amides is 1. The fourth-order valence-corrected chi connectivity index (χ4v) is 3.91. The molecule has 0 spiro atoms. The molecule has 0 unspecified atom stereocenters. The third kappa shape index (κ3) is 3.92. The van der Waals surface area contributed by atoms with Gasteiger partial charge in [0.05, 0.1) is 11.3 Å². The first-order chi connectivity index (χ1) is 14.0. The van der Waals surface area contributed by atoms with Crippen LogP contribution in [0.4, 0.5) is 0 Å². The number of carboxylic acids is 1. The summed E-state index contributed by atoms with van der Waals surface area (Å²) < 4.78 is 1.65. The molecule has 4 rings (SSSR count). The van der Waals surface area contributed by atoms with Gasteiger partial charge in [-0.15, -0.1) is 0 Å². The second-order valence-corrected chi connectivity index (χ2v) is 7.42. The van der Waals surface area contributed by atoms with Gasteiger partial charge in [0.2, 0.25) is 0 Å². The fraction of sp³-hybridized carbons (Fsp3) is 0.261. The number of piperidine rings is 1. The van der Waals surface area contributed by atoms with Gasteiger partial charge in [0, 0.05) is 31.6 Å². The van der Waals surface area contributed by atoms with Crippen molar-refractivity contribution in [2.24, 2.45) is 7.05 Å². The van der Waals surface area contributed by atoms with E-state index >= 15 is 0 Å². The van der Waals surface area contributed by atoms with E-state index in [0.717, 1.165) is 29.7 Å². The summed E-state index contributed by atoms with van der Waals surface area (Å²) in [4.78, 5) is 26.1. The third-order valence-corrected chi connectivity index (χ3v) is 5.51. The molecule has 1 N–H and O–H groups in total. The van der Waals surface area contributed by atoms with Gasteiger partial charge in [-0.1, -0.05) is 42.5 Å². The Hall–Kier alpha value is -3.41. The second kappa shape index (κ2) is 7.91. The molecule has 0 aliphatic carbocycles. The van der Waals surface area contributed by atoms with Crippen LogP contribution in [0.1, 0.15) is 45.2 Å². The molecule has 1 atom stereocenters. The van der Waals surface area contributed by atoms with Crippen LogP contribution in [-0.4, -0.2) is 44.8 Å². The SMILES string of the molecule is Cn1nc(-c2ccccc2)cc1C(=O)N1CCC[C@@H](c2ccc(C(=O)O)cc2)C1. The number of hydrogen-bond donors (Lipinski definition) is 1. The zero-order chi connectivity index (χ0) is 20.4. The molecule has 6 nitrogen and oxygen atoms in total. The molecule has 1 saturated heterocycles. The van der Waals surface area contributed by atoms with Crippen molar-refractivity contribution in [3.8, 4) is 11.3 Å². The first kappa shape index (κ1) is 18.9. The van der Waals surface area contributed by atoms with Crippen molar-refractivity contribution in [2.45, 2.75) is 18.8 Å². The summed E-state index contributed by atoms with van der Waals surface area (Å²) in [5, 5.41) is 13.6.